The summed E-state index contributed by atoms with van der Waals surface area (Å²) in [6.45, 7) is 3.88. The monoisotopic (exact) mass is 435 g/mol. The van der Waals surface area contributed by atoms with Crippen molar-refractivity contribution < 1.29 is 4.42 Å². The van der Waals surface area contributed by atoms with Crippen LogP contribution in [-0.4, -0.2) is 47.5 Å². The number of pyridine rings is 1. The summed E-state index contributed by atoms with van der Waals surface area (Å²) in [7, 11) is 4.28. The molecule has 0 amide bonds. The lowest BCUT2D eigenvalue weighted by Crippen LogP contribution is -2.31. The predicted octanol–water partition coefficient (Wildman–Crippen LogP) is 5.22. The van der Waals surface area contributed by atoms with Crippen LogP contribution >= 0.6 is 0 Å². The number of anilines is 1. The van der Waals surface area contributed by atoms with Crippen molar-refractivity contribution in [2.24, 2.45) is 0 Å². The van der Waals surface area contributed by atoms with Gasteiger partial charge in [-0.1, -0.05) is 24.3 Å². The Bertz CT molecular complexity index is 1540. The Morgan fingerprint density at radius 3 is 2.73 bits per heavy atom. The first-order valence-electron chi connectivity index (χ1n) is 11.3. The smallest absolute Gasteiger partial charge is 0.138 e. The van der Waals surface area contributed by atoms with Gasteiger partial charge in [0.15, 0.2) is 0 Å². The zero-order valence-corrected chi connectivity index (χ0v) is 19.0. The van der Waals surface area contributed by atoms with Gasteiger partial charge in [0.25, 0.3) is 0 Å². The molecule has 33 heavy (non-hydrogen) atoms. The van der Waals surface area contributed by atoms with Crippen molar-refractivity contribution in [3.05, 3.63) is 65.9 Å². The van der Waals surface area contributed by atoms with E-state index in [1.54, 1.807) is 0 Å². The first-order chi connectivity index (χ1) is 16.1. The maximum absolute atomic E-state index is 10.2. The van der Waals surface area contributed by atoms with Gasteiger partial charge in [-0.2, -0.15) is 5.26 Å². The average Bonchev–Trinajstić information content (AvgIpc) is 3.54. The summed E-state index contributed by atoms with van der Waals surface area (Å²) in [4.78, 5) is 9.63. The Morgan fingerprint density at radius 2 is 1.97 bits per heavy atom. The number of aromatic nitrogens is 2. The highest BCUT2D eigenvalue weighted by Gasteiger charge is 2.32. The number of furan rings is 1. The fourth-order valence-electron chi connectivity index (χ4n) is 5.21. The van der Waals surface area contributed by atoms with Crippen LogP contribution in [0.4, 0.5) is 5.69 Å². The molecule has 6 rings (SSSR count). The standard InChI is InChI=1S/C27H25N5O/c1-17-20(15-28)25-27(32-12-7-6-10-23(32)29-25)26(31-13-11-19(16-31)30(2)3)24(17)22-14-18-8-4-5-9-21(18)33-22/h4-10,12,14,19H,11,13,16H2,1-3H3/t19-/m0/s1. The third kappa shape index (κ3) is 2.93. The van der Waals surface area contributed by atoms with Gasteiger partial charge in [0, 0.05) is 36.3 Å². The molecule has 0 aliphatic carbocycles. The van der Waals surface area contributed by atoms with E-state index < -0.39 is 0 Å². The normalized spacial score (nSPS) is 16.5. The number of para-hydroxylation sites is 1. The van der Waals surface area contributed by atoms with Gasteiger partial charge in [-0.05, 0) is 57.3 Å². The van der Waals surface area contributed by atoms with Crippen LogP contribution in [0.3, 0.4) is 0 Å². The molecule has 164 valence electrons. The van der Waals surface area contributed by atoms with E-state index >= 15 is 0 Å². The number of nitrogens with zero attached hydrogens (tertiary/aromatic N) is 5. The molecule has 3 aromatic heterocycles. The van der Waals surface area contributed by atoms with Crippen LogP contribution in [0.1, 0.15) is 17.5 Å². The number of benzene rings is 2. The molecular weight excluding hydrogens is 410 g/mol. The Kier molecular flexibility index (Phi) is 4.42. The molecule has 0 N–H and O–H groups in total. The minimum atomic E-state index is 0.471. The molecule has 1 aliphatic rings. The van der Waals surface area contributed by atoms with E-state index in [1.165, 1.54) is 0 Å². The summed E-state index contributed by atoms with van der Waals surface area (Å²) in [6, 6.07) is 19.1. The van der Waals surface area contributed by atoms with Gasteiger partial charge in [0.2, 0.25) is 0 Å². The lowest BCUT2D eigenvalue weighted by atomic mass is 9.96. The molecule has 0 spiro atoms. The van der Waals surface area contributed by atoms with Crippen LogP contribution in [0.15, 0.2) is 59.1 Å². The quantitative estimate of drug-likeness (QED) is 0.389. The molecule has 1 saturated heterocycles. The highest BCUT2D eigenvalue weighted by Crippen LogP contribution is 2.45. The molecule has 6 nitrogen and oxygen atoms in total. The summed E-state index contributed by atoms with van der Waals surface area (Å²) >= 11 is 0. The lowest BCUT2D eigenvalue weighted by molar-refractivity contribution is 0.315. The Labute approximate surface area is 192 Å². The zero-order chi connectivity index (χ0) is 22.7. The SMILES string of the molecule is Cc1c(-c2cc3ccccc3o2)c(N2CC[C@H](N(C)C)C2)c2c(nc3ccccn32)c1C#N. The van der Waals surface area contributed by atoms with Gasteiger partial charge in [0.1, 0.15) is 28.6 Å². The van der Waals surface area contributed by atoms with E-state index in [9.17, 15) is 5.26 Å². The molecule has 0 saturated carbocycles. The third-order valence-electron chi connectivity index (χ3n) is 6.97. The second-order valence-electron chi connectivity index (χ2n) is 9.07. The minimum absolute atomic E-state index is 0.471. The maximum Gasteiger partial charge on any atom is 0.138 e. The van der Waals surface area contributed by atoms with Gasteiger partial charge in [-0.25, -0.2) is 4.98 Å². The number of imidazole rings is 1. The first kappa shape index (κ1) is 19.8. The number of hydrogen-bond donors (Lipinski definition) is 0. The number of rotatable bonds is 3. The third-order valence-corrected chi connectivity index (χ3v) is 6.97. The fourth-order valence-corrected chi connectivity index (χ4v) is 5.21. The van der Waals surface area contributed by atoms with Crippen molar-refractivity contribution in [2.45, 2.75) is 19.4 Å². The van der Waals surface area contributed by atoms with E-state index in [0.29, 0.717) is 11.6 Å². The minimum Gasteiger partial charge on any atom is -0.456 e. The van der Waals surface area contributed by atoms with Crippen molar-refractivity contribution in [1.29, 1.82) is 5.26 Å². The van der Waals surface area contributed by atoms with Gasteiger partial charge in [-0.3, -0.25) is 4.40 Å². The molecule has 4 heterocycles. The van der Waals surface area contributed by atoms with Crippen molar-refractivity contribution in [3.8, 4) is 17.4 Å². The molecule has 0 radical (unpaired) electrons. The van der Waals surface area contributed by atoms with Crippen LogP contribution in [0.5, 0.6) is 0 Å². The van der Waals surface area contributed by atoms with E-state index in [2.05, 4.69) is 46.5 Å². The summed E-state index contributed by atoms with van der Waals surface area (Å²) in [5.74, 6) is 0.793. The lowest BCUT2D eigenvalue weighted by Gasteiger charge is -2.26. The molecule has 6 heteroatoms. The Morgan fingerprint density at radius 1 is 1.15 bits per heavy atom. The summed E-state index contributed by atoms with van der Waals surface area (Å²) in [5.41, 5.74) is 7.03. The molecule has 1 fully saturated rings. The number of hydrogen-bond acceptors (Lipinski definition) is 5. The fraction of sp³-hybridized carbons (Fsp3) is 0.259. The highest BCUT2D eigenvalue weighted by molar-refractivity contribution is 6.05. The number of likely N-dealkylation sites (N-methyl/N-ethyl adjacent to an activating group) is 1. The van der Waals surface area contributed by atoms with Crippen molar-refractivity contribution in [2.75, 3.05) is 32.1 Å². The molecule has 1 aliphatic heterocycles. The van der Waals surface area contributed by atoms with Crippen molar-refractivity contribution >= 4 is 33.3 Å². The summed E-state index contributed by atoms with van der Waals surface area (Å²) in [5, 5.41) is 11.2. The largest absolute Gasteiger partial charge is 0.456 e. The molecule has 0 unspecified atom stereocenters. The van der Waals surface area contributed by atoms with Gasteiger partial charge in [-0.15, -0.1) is 0 Å². The first-order valence-corrected chi connectivity index (χ1v) is 11.3. The molecule has 2 aromatic carbocycles. The van der Waals surface area contributed by atoms with Gasteiger partial charge < -0.3 is 14.2 Å². The van der Waals surface area contributed by atoms with E-state index in [1.807, 2.05) is 49.5 Å². The highest BCUT2D eigenvalue weighted by atomic mass is 16.3. The molecule has 1 atom stereocenters. The number of fused-ring (bicyclic) bond motifs is 4. The van der Waals surface area contributed by atoms with Crippen LogP contribution in [0.25, 0.3) is 39.0 Å². The molecule has 0 bridgehead atoms. The van der Waals surface area contributed by atoms with Crippen LogP contribution < -0.4 is 4.90 Å². The van der Waals surface area contributed by atoms with Gasteiger partial charge in [0.05, 0.1) is 16.8 Å². The predicted molar refractivity (Wildman–Crippen MR) is 132 cm³/mol. The van der Waals surface area contributed by atoms with Crippen molar-refractivity contribution in [3.63, 3.8) is 0 Å². The van der Waals surface area contributed by atoms with Gasteiger partial charge >= 0.3 is 0 Å². The van der Waals surface area contributed by atoms with E-state index in [-0.39, 0.29) is 0 Å². The van der Waals surface area contributed by atoms with Crippen LogP contribution in [0, 0.1) is 18.3 Å². The molecular formula is C27H25N5O. The summed E-state index contributed by atoms with van der Waals surface area (Å²) in [6.07, 6.45) is 3.12. The Hall–Kier alpha value is -3.82. The summed E-state index contributed by atoms with van der Waals surface area (Å²) < 4.78 is 8.48. The second-order valence-corrected chi connectivity index (χ2v) is 9.07. The second kappa shape index (κ2) is 7.36. The topological polar surface area (TPSA) is 60.7 Å². The van der Waals surface area contributed by atoms with E-state index in [4.69, 9.17) is 9.40 Å². The van der Waals surface area contributed by atoms with Crippen LogP contribution in [0.2, 0.25) is 0 Å². The average molecular weight is 436 g/mol. The molecule has 5 aromatic rings. The number of nitriles is 1. The van der Waals surface area contributed by atoms with Crippen molar-refractivity contribution in [1.82, 2.24) is 14.3 Å². The maximum atomic E-state index is 10.2. The van der Waals surface area contributed by atoms with Crippen LogP contribution in [-0.2, 0) is 0 Å². The zero-order valence-electron chi connectivity index (χ0n) is 19.0. The van der Waals surface area contributed by atoms with E-state index in [0.717, 1.165) is 69.7 Å². The Balaban J connectivity index is 1.74.